The molecule has 0 aliphatic carbocycles. The van der Waals surface area contributed by atoms with Crippen LogP contribution in [-0.4, -0.2) is 73.4 Å². The van der Waals surface area contributed by atoms with Crippen LogP contribution < -0.4 is 0 Å². The molecule has 0 fully saturated rings. The first-order valence-electron chi connectivity index (χ1n) is 14.2. The predicted molar refractivity (Wildman–Crippen MR) is 130 cm³/mol. The standard InChI is InChI=1S/C26H48O8/c1-3-5-7-9-11-13-15-17-19(27)21(29)23(31)25(33)26(34)24(32)22(30)20(28)18-16-14-12-10-8-6-4-2/h21-23,25-26,29-31,33-34H,3-18H2,1-2H3/t21?,22?,23-,25-,26+/m1/s1/i1D,2D. The number of hydrogen-bond donors (Lipinski definition) is 5. The molecular formula is C26H48O8. The first-order chi connectivity index (χ1) is 17.2. The minimum absolute atomic E-state index is 0.0347. The van der Waals surface area contributed by atoms with Gasteiger partial charge in [0.05, 0.1) is 0 Å². The van der Waals surface area contributed by atoms with E-state index in [0.29, 0.717) is 26.6 Å². The first-order valence-corrected chi connectivity index (χ1v) is 12.8. The molecule has 8 heteroatoms. The third kappa shape index (κ3) is 13.6. The Kier molecular flexibility index (Phi) is 17.1. The Bertz CT molecular complexity index is 604. The highest BCUT2D eigenvalue weighted by molar-refractivity contribution is 6.07. The van der Waals surface area contributed by atoms with E-state index in [0.717, 1.165) is 77.0 Å². The molecule has 0 bridgehead atoms. The van der Waals surface area contributed by atoms with Gasteiger partial charge in [0.2, 0.25) is 0 Å². The van der Waals surface area contributed by atoms with Crippen LogP contribution in [0.5, 0.6) is 0 Å². The van der Waals surface area contributed by atoms with E-state index in [9.17, 15) is 39.9 Å². The largest absolute Gasteiger partial charge is 0.387 e. The molecule has 0 aromatic carbocycles. The zero-order valence-electron chi connectivity index (χ0n) is 22.6. The van der Waals surface area contributed by atoms with Crippen molar-refractivity contribution in [2.45, 2.75) is 147 Å². The first kappa shape index (κ1) is 29.0. The van der Waals surface area contributed by atoms with Crippen LogP contribution in [0.1, 0.15) is 119 Å². The number of unbranched alkanes of at least 4 members (excludes halogenated alkanes) is 12. The van der Waals surface area contributed by atoms with Crippen LogP contribution in [0.4, 0.5) is 0 Å². The van der Waals surface area contributed by atoms with E-state index < -0.39 is 47.9 Å². The summed E-state index contributed by atoms with van der Waals surface area (Å²) in [5, 5.41) is 50.2. The summed E-state index contributed by atoms with van der Waals surface area (Å²) in [6.45, 7) is 0.841. The molecule has 34 heavy (non-hydrogen) atoms. The van der Waals surface area contributed by atoms with Crippen molar-refractivity contribution in [1.82, 2.24) is 0 Å². The topological polar surface area (TPSA) is 152 Å². The van der Waals surface area contributed by atoms with Gasteiger partial charge in [-0.25, -0.2) is 0 Å². The SMILES string of the molecule is [2H]CCCCCCCCCC(=O)C(O)C(=O)[C@H](O)[C@H](O)[C@H](O)C(O)C(=O)CCCCCCCCC[2H]. The quantitative estimate of drug-likeness (QED) is 0.108. The van der Waals surface area contributed by atoms with Gasteiger partial charge in [-0.05, 0) is 12.8 Å². The zero-order valence-corrected chi connectivity index (χ0v) is 20.6. The molecule has 5 N–H and O–H groups in total. The molecule has 0 saturated heterocycles. The van der Waals surface area contributed by atoms with Crippen LogP contribution in [0.15, 0.2) is 0 Å². The van der Waals surface area contributed by atoms with Gasteiger partial charge >= 0.3 is 0 Å². The van der Waals surface area contributed by atoms with Gasteiger partial charge in [-0.3, -0.25) is 14.4 Å². The normalized spacial score (nSPS) is 16.7. The summed E-state index contributed by atoms with van der Waals surface area (Å²) in [5.41, 5.74) is 0. The number of rotatable bonds is 23. The molecule has 200 valence electrons. The lowest BCUT2D eigenvalue weighted by atomic mass is 9.92. The molecule has 0 aliphatic heterocycles. The van der Waals surface area contributed by atoms with E-state index in [-0.39, 0.29) is 12.8 Å². The Labute approximate surface area is 207 Å². The number of carbonyl (C=O) groups is 3. The Balaban J connectivity index is 4.32. The van der Waals surface area contributed by atoms with Crippen LogP contribution in [0.2, 0.25) is 0 Å². The van der Waals surface area contributed by atoms with Crippen molar-refractivity contribution in [1.29, 1.82) is 0 Å². The molecule has 0 amide bonds. The molecule has 2 unspecified atom stereocenters. The third-order valence-corrected chi connectivity index (χ3v) is 6.04. The molecule has 0 saturated carbocycles. The Morgan fingerprint density at radius 1 is 0.559 bits per heavy atom. The van der Waals surface area contributed by atoms with Crippen molar-refractivity contribution < 1.29 is 42.7 Å². The number of hydrogen-bond acceptors (Lipinski definition) is 8. The van der Waals surface area contributed by atoms with Gasteiger partial charge in [-0.1, -0.05) is 90.8 Å². The molecule has 5 atom stereocenters. The minimum Gasteiger partial charge on any atom is -0.387 e. The second-order valence-electron chi connectivity index (χ2n) is 9.06. The number of ketones is 3. The summed E-state index contributed by atoms with van der Waals surface area (Å²) in [7, 11) is 0. The lowest BCUT2D eigenvalue weighted by molar-refractivity contribution is -0.160. The van der Waals surface area contributed by atoms with E-state index in [4.69, 9.17) is 2.74 Å². The van der Waals surface area contributed by atoms with E-state index in [1.165, 1.54) is 0 Å². The fraction of sp³-hybridized carbons (Fsp3) is 0.885. The van der Waals surface area contributed by atoms with Crippen LogP contribution in [0.25, 0.3) is 0 Å². The van der Waals surface area contributed by atoms with Gasteiger partial charge in [0.15, 0.2) is 23.5 Å². The van der Waals surface area contributed by atoms with Crippen molar-refractivity contribution in [3.05, 3.63) is 0 Å². The summed E-state index contributed by atoms with van der Waals surface area (Å²) in [5.74, 6) is -2.91. The number of aliphatic hydroxyl groups excluding tert-OH is 5. The molecule has 0 heterocycles. The van der Waals surface area contributed by atoms with E-state index in [1.807, 2.05) is 0 Å². The molecule has 8 nitrogen and oxygen atoms in total. The predicted octanol–water partition coefficient (Wildman–Crippen LogP) is 2.78. The van der Waals surface area contributed by atoms with Crippen molar-refractivity contribution in [2.75, 3.05) is 0 Å². The van der Waals surface area contributed by atoms with Gasteiger partial charge in [-0.15, -0.1) is 0 Å². The monoisotopic (exact) mass is 490 g/mol. The van der Waals surface area contributed by atoms with Crippen LogP contribution in [0, 0.1) is 0 Å². The molecule has 0 rings (SSSR count). The van der Waals surface area contributed by atoms with Crippen LogP contribution >= 0.6 is 0 Å². The Morgan fingerprint density at radius 3 is 1.41 bits per heavy atom. The fourth-order valence-corrected chi connectivity index (χ4v) is 3.70. The maximum atomic E-state index is 12.2. The van der Waals surface area contributed by atoms with Crippen LogP contribution in [-0.2, 0) is 14.4 Å². The average Bonchev–Trinajstić information content (AvgIpc) is 2.88. The summed E-state index contributed by atoms with van der Waals surface area (Å²) >= 11 is 0. The van der Waals surface area contributed by atoms with E-state index >= 15 is 0 Å². The zero-order chi connectivity index (χ0) is 27.3. The molecule has 0 aliphatic rings. The van der Waals surface area contributed by atoms with Crippen molar-refractivity contribution in [2.24, 2.45) is 0 Å². The number of Topliss-reactive ketones (excluding diaryl/α,β-unsaturated/α-hetero) is 3. The van der Waals surface area contributed by atoms with Gasteiger partial charge in [-0.2, -0.15) is 0 Å². The molecule has 0 radical (unpaired) electrons. The number of aliphatic hydroxyl groups is 5. The Morgan fingerprint density at radius 2 is 0.941 bits per heavy atom. The van der Waals surface area contributed by atoms with Crippen LogP contribution in [0.3, 0.4) is 0 Å². The lowest BCUT2D eigenvalue weighted by Crippen LogP contribution is -2.53. The molecule has 0 aromatic heterocycles. The van der Waals surface area contributed by atoms with E-state index in [1.54, 1.807) is 0 Å². The molecule has 0 spiro atoms. The fourth-order valence-electron chi connectivity index (χ4n) is 3.70. The second-order valence-corrected chi connectivity index (χ2v) is 9.06. The smallest absolute Gasteiger partial charge is 0.199 e. The highest BCUT2D eigenvalue weighted by atomic mass is 16.4. The maximum Gasteiger partial charge on any atom is 0.199 e. The lowest BCUT2D eigenvalue weighted by Gasteiger charge is -2.26. The van der Waals surface area contributed by atoms with Gasteiger partial charge in [0, 0.05) is 15.6 Å². The van der Waals surface area contributed by atoms with Gasteiger partial charge in [0.25, 0.3) is 0 Å². The minimum atomic E-state index is -2.33. The molecular weight excluding hydrogens is 440 g/mol. The highest BCUT2D eigenvalue weighted by Crippen LogP contribution is 2.15. The Hall–Kier alpha value is -1.19. The average molecular weight is 491 g/mol. The summed E-state index contributed by atoms with van der Waals surface area (Å²) in [6, 6.07) is 0. The van der Waals surface area contributed by atoms with Crippen molar-refractivity contribution in [3.8, 4) is 0 Å². The summed E-state index contributed by atoms with van der Waals surface area (Å²) < 4.78 is 14.2. The summed E-state index contributed by atoms with van der Waals surface area (Å²) in [4.78, 5) is 36.4. The van der Waals surface area contributed by atoms with Gasteiger partial charge in [0.1, 0.15) is 24.4 Å². The van der Waals surface area contributed by atoms with Gasteiger partial charge < -0.3 is 25.5 Å². The van der Waals surface area contributed by atoms with Crippen molar-refractivity contribution >= 4 is 17.3 Å². The van der Waals surface area contributed by atoms with E-state index in [2.05, 4.69) is 0 Å². The number of carbonyl (C=O) groups excluding carboxylic acids is 3. The third-order valence-electron chi connectivity index (χ3n) is 6.04. The highest BCUT2D eigenvalue weighted by Gasteiger charge is 2.40. The second kappa shape index (κ2) is 20.0. The summed E-state index contributed by atoms with van der Waals surface area (Å²) in [6.07, 6.45) is 0.983. The maximum absolute atomic E-state index is 12.2. The molecule has 0 aromatic rings. The van der Waals surface area contributed by atoms with Crippen molar-refractivity contribution in [3.63, 3.8) is 0 Å².